The van der Waals surface area contributed by atoms with Crippen molar-refractivity contribution in [2.24, 2.45) is 7.05 Å². The van der Waals surface area contributed by atoms with Gasteiger partial charge in [-0.15, -0.1) is 11.3 Å². The van der Waals surface area contributed by atoms with Crippen molar-refractivity contribution in [3.63, 3.8) is 0 Å². The third kappa shape index (κ3) is 4.00. The number of rotatable bonds is 6. The highest BCUT2D eigenvalue weighted by atomic mass is 32.1. The predicted molar refractivity (Wildman–Crippen MR) is 101 cm³/mol. The lowest BCUT2D eigenvalue weighted by Crippen LogP contribution is -2.34. The minimum absolute atomic E-state index is 0.0922. The number of aromatic nitrogens is 2. The first kappa shape index (κ1) is 19.0. The van der Waals surface area contributed by atoms with E-state index in [1.807, 2.05) is 20.9 Å². The first-order valence-electron chi connectivity index (χ1n) is 8.48. The number of nitrogens with zero attached hydrogens (tertiary/aromatic N) is 3. The van der Waals surface area contributed by atoms with Gasteiger partial charge in [0.15, 0.2) is 0 Å². The van der Waals surface area contributed by atoms with Gasteiger partial charge in [0, 0.05) is 19.0 Å². The Balaban J connectivity index is 1.93. The molecule has 0 atom stereocenters. The number of hydrogen-bond acceptors (Lipinski definition) is 4. The van der Waals surface area contributed by atoms with Gasteiger partial charge >= 0.3 is 5.97 Å². The number of thiophene rings is 1. The van der Waals surface area contributed by atoms with Gasteiger partial charge in [-0.1, -0.05) is 26.0 Å². The molecule has 2 aromatic heterocycles. The summed E-state index contributed by atoms with van der Waals surface area (Å²) in [6, 6.07) is 7.45. The van der Waals surface area contributed by atoms with Gasteiger partial charge in [0.05, 0.1) is 10.6 Å². The standard InChI is InChI=1S/C19H20FN3O3S/c1-11(2)17-14-8-15(27-19(14)22(3)21-17)18(26)23(10-16(24)25)9-12-4-6-13(20)7-5-12/h4-8,11H,9-10H2,1-3H3,(H,24,25). The summed E-state index contributed by atoms with van der Waals surface area (Å²) in [7, 11) is 1.83. The maximum Gasteiger partial charge on any atom is 0.323 e. The molecule has 2 heterocycles. The number of benzene rings is 1. The maximum absolute atomic E-state index is 13.1. The molecule has 0 spiro atoms. The second kappa shape index (κ2) is 7.48. The van der Waals surface area contributed by atoms with Gasteiger partial charge in [-0.25, -0.2) is 4.39 Å². The molecule has 0 saturated carbocycles. The molecule has 1 aromatic carbocycles. The SMILES string of the molecule is CC(C)c1nn(C)c2sc(C(=O)N(CC(=O)O)Cc3ccc(F)cc3)cc12. The molecule has 142 valence electrons. The van der Waals surface area contributed by atoms with E-state index in [1.54, 1.807) is 22.9 Å². The summed E-state index contributed by atoms with van der Waals surface area (Å²) in [6.07, 6.45) is 0. The van der Waals surface area contributed by atoms with E-state index in [9.17, 15) is 19.1 Å². The van der Waals surface area contributed by atoms with Crippen LogP contribution >= 0.6 is 11.3 Å². The Morgan fingerprint density at radius 2 is 1.96 bits per heavy atom. The number of aliphatic carboxylic acids is 1. The minimum Gasteiger partial charge on any atom is -0.480 e. The van der Waals surface area contributed by atoms with Crippen LogP contribution in [0.1, 0.15) is 40.7 Å². The van der Waals surface area contributed by atoms with Crippen LogP contribution in [0.4, 0.5) is 4.39 Å². The highest BCUT2D eigenvalue weighted by molar-refractivity contribution is 7.20. The van der Waals surface area contributed by atoms with Crippen LogP contribution in [-0.2, 0) is 18.4 Å². The van der Waals surface area contributed by atoms with Gasteiger partial charge in [0.2, 0.25) is 0 Å². The van der Waals surface area contributed by atoms with Gasteiger partial charge < -0.3 is 10.0 Å². The molecule has 1 amide bonds. The number of carboxylic acid groups (broad SMARTS) is 1. The molecule has 3 aromatic rings. The largest absolute Gasteiger partial charge is 0.480 e. The molecule has 6 nitrogen and oxygen atoms in total. The summed E-state index contributed by atoms with van der Waals surface area (Å²) in [6.45, 7) is 3.73. The summed E-state index contributed by atoms with van der Waals surface area (Å²) in [5.41, 5.74) is 1.57. The Labute approximate surface area is 159 Å². The van der Waals surface area contributed by atoms with E-state index in [0.29, 0.717) is 10.4 Å². The van der Waals surface area contributed by atoms with Crippen molar-refractivity contribution >= 4 is 33.4 Å². The highest BCUT2D eigenvalue weighted by Crippen LogP contribution is 2.32. The predicted octanol–water partition coefficient (Wildman–Crippen LogP) is 3.62. The number of hydrogen-bond donors (Lipinski definition) is 1. The quantitative estimate of drug-likeness (QED) is 0.699. The molecular formula is C19H20FN3O3S. The molecule has 0 fully saturated rings. The van der Waals surface area contributed by atoms with E-state index in [4.69, 9.17) is 0 Å². The van der Waals surface area contributed by atoms with Gasteiger partial charge in [0.25, 0.3) is 5.91 Å². The number of carbonyl (C=O) groups excluding carboxylic acids is 1. The van der Waals surface area contributed by atoms with E-state index >= 15 is 0 Å². The zero-order valence-corrected chi connectivity index (χ0v) is 16.1. The lowest BCUT2D eigenvalue weighted by atomic mass is 10.1. The first-order valence-corrected chi connectivity index (χ1v) is 9.30. The molecule has 0 saturated heterocycles. The van der Waals surface area contributed by atoms with Crippen LogP contribution < -0.4 is 0 Å². The summed E-state index contributed by atoms with van der Waals surface area (Å²) >= 11 is 1.29. The van der Waals surface area contributed by atoms with Crippen LogP contribution in [0.2, 0.25) is 0 Å². The fourth-order valence-corrected chi connectivity index (χ4v) is 3.97. The number of aryl methyl sites for hydroxylation is 1. The second-order valence-electron chi connectivity index (χ2n) is 6.67. The van der Waals surface area contributed by atoms with Crippen LogP contribution in [0.15, 0.2) is 30.3 Å². The van der Waals surface area contributed by atoms with Gasteiger partial charge in [0.1, 0.15) is 17.2 Å². The smallest absolute Gasteiger partial charge is 0.323 e. The zero-order chi connectivity index (χ0) is 19.7. The molecule has 0 aliphatic carbocycles. The number of carbonyl (C=O) groups is 2. The number of fused-ring (bicyclic) bond motifs is 1. The van der Waals surface area contributed by atoms with Crippen molar-refractivity contribution in [2.45, 2.75) is 26.3 Å². The fourth-order valence-electron chi connectivity index (χ4n) is 2.93. The van der Waals surface area contributed by atoms with E-state index < -0.39 is 12.5 Å². The first-order chi connectivity index (χ1) is 12.8. The van der Waals surface area contributed by atoms with Gasteiger partial charge in [-0.2, -0.15) is 5.10 Å². The van der Waals surface area contributed by atoms with E-state index in [1.165, 1.54) is 28.4 Å². The maximum atomic E-state index is 13.1. The number of amides is 1. The van der Waals surface area contributed by atoms with Gasteiger partial charge in [-0.05, 0) is 29.7 Å². The summed E-state index contributed by atoms with van der Waals surface area (Å²) < 4.78 is 14.8. The molecular weight excluding hydrogens is 369 g/mol. The van der Waals surface area contributed by atoms with Crippen LogP contribution in [0.25, 0.3) is 10.2 Å². The summed E-state index contributed by atoms with van der Waals surface area (Å²) in [5, 5.41) is 14.6. The molecule has 0 bridgehead atoms. The van der Waals surface area contributed by atoms with Crippen molar-refractivity contribution in [1.82, 2.24) is 14.7 Å². The third-order valence-corrected chi connectivity index (χ3v) is 5.39. The molecule has 0 unspecified atom stereocenters. The number of halogens is 1. The highest BCUT2D eigenvalue weighted by Gasteiger charge is 2.24. The summed E-state index contributed by atoms with van der Waals surface area (Å²) in [4.78, 5) is 26.8. The molecule has 0 aliphatic heterocycles. The van der Waals surface area contributed by atoms with Crippen molar-refractivity contribution < 1.29 is 19.1 Å². The molecule has 27 heavy (non-hydrogen) atoms. The summed E-state index contributed by atoms with van der Waals surface area (Å²) in [5.74, 6) is -1.64. The van der Waals surface area contributed by atoms with Crippen LogP contribution in [0.5, 0.6) is 0 Å². The monoisotopic (exact) mass is 389 g/mol. The van der Waals surface area contributed by atoms with Crippen LogP contribution in [0.3, 0.4) is 0 Å². The Kier molecular flexibility index (Phi) is 5.27. The number of carboxylic acids is 1. The normalized spacial score (nSPS) is 11.3. The molecule has 1 N–H and O–H groups in total. The molecule has 0 aliphatic rings. The Morgan fingerprint density at radius 3 is 2.56 bits per heavy atom. The van der Waals surface area contributed by atoms with Crippen molar-refractivity contribution in [2.75, 3.05) is 6.54 Å². The van der Waals surface area contributed by atoms with Crippen molar-refractivity contribution in [3.8, 4) is 0 Å². The second-order valence-corrected chi connectivity index (χ2v) is 7.71. The van der Waals surface area contributed by atoms with E-state index in [-0.39, 0.29) is 24.2 Å². The fraction of sp³-hybridized carbons (Fsp3) is 0.316. The Morgan fingerprint density at radius 1 is 1.30 bits per heavy atom. The lowest BCUT2D eigenvalue weighted by molar-refractivity contribution is -0.137. The van der Waals surface area contributed by atoms with Crippen molar-refractivity contribution in [1.29, 1.82) is 0 Å². The zero-order valence-electron chi connectivity index (χ0n) is 15.3. The van der Waals surface area contributed by atoms with Crippen LogP contribution in [-0.4, -0.2) is 38.2 Å². The Bertz CT molecular complexity index is 992. The molecule has 8 heteroatoms. The lowest BCUT2D eigenvalue weighted by Gasteiger charge is -2.20. The van der Waals surface area contributed by atoms with E-state index in [0.717, 1.165) is 15.9 Å². The van der Waals surface area contributed by atoms with Gasteiger partial charge in [-0.3, -0.25) is 14.3 Å². The minimum atomic E-state index is -1.10. The van der Waals surface area contributed by atoms with Crippen molar-refractivity contribution in [3.05, 3.63) is 52.3 Å². The Hall–Kier alpha value is -2.74. The third-order valence-electron chi connectivity index (χ3n) is 4.20. The topological polar surface area (TPSA) is 75.4 Å². The molecule has 3 rings (SSSR count). The molecule has 0 radical (unpaired) electrons. The average Bonchev–Trinajstić information content (AvgIpc) is 3.16. The average molecular weight is 389 g/mol. The van der Waals surface area contributed by atoms with Crippen LogP contribution in [0, 0.1) is 5.82 Å². The van der Waals surface area contributed by atoms with E-state index in [2.05, 4.69) is 5.10 Å².